The number of imidazole rings is 1. The Labute approximate surface area is 95.8 Å². The molecule has 4 nitrogen and oxygen atoms in total. The van der Waals surface area contributed by atoms with Gasteiger partial charge in [-0.15, -0.1) is 0 Å². The lowest BCUT2D eigenvalue weighted by Gasteiger charge is -2.03. The van der Waals surface area contributed by atoms with Crippen LogP contribution in [0.25, 0.3) is 0 Å². The Kier molecular flexibility index (Phi) is 2.62. The standard InChI is InChI=1S/C9H7BrN2O2S/c10-9-6-12(7-11-9)15(13,14)8-4-2-1-3-5-8/h1-7H. The van der Waals surface area contributed by atoms with E-state index in [1.807, 2.05) is 0 Å². The lowest BCUT2D eigenvalue weighted by molar-refractivity contribution is 0.587. The van der Waals surface area contributed by atoms with E-state index in [1.54, 1.807) is 30.3 Å². The van der Waals surface area contributed by atoms with Gasteiger partial charge in [0.2, 0.25) is 0 Å². The van der Waals surface area contributed by atoms with Gasteiger partial charge in [0.05, 0.1) is 11.1 Å². The van der Waals surface area contributed by atoms with Crippen molar-refractivity contribution in [2.75, 3.05) is 0 Å². The van der Waals surface area contributed by atoms with Crippen LogP contribution in [0.4, 0.5) is 0 Å². The summed E-state index contributed by atoms with van der Waals surface area (Å²) in [6, 6.07) is 8.22. The molecule has 0 saturated carbocycles. The molecule has 0 aliphatic heterocycles. The quantitative estimate of drug-likeness (QED) is 0.847. The Hall–Kier alpha value is -1.14. The van der Waals surface area contributed by atoms with Gasteiger partial charge in [-0.3, -0.25) is 0 Å². The summed E-state index contributed by atoms with van der Waals surface area (Å²) in [6.07, 6.45) is 2.66. The maximum absolute atomic E-state index is 11.9. The smallest absolute Gasteiger partial charge is 0.229 e. The molecule has 6 heteroatoms. The van der Waals surface area contributed by atoms with E-state index < -0.39 is 10.0 Å². The third-order valence-corrected chi connectivity index (χ3v) is 3.88. The summed E-state index contributed by atoms with van der Waals surface area (Å²) in [4.78, 5) is 4.05. The van der Waals surface area contributed by atoms with Crippen LogP contribution in [0, 0.1) is 0 Å². The molecule has 1 aromatic carbocycles. The molecule has 0 N–H and O–H groups in total. The number of hydrogen-bond acceptors (Lipinski definition) is 3. The van der Waals surface area contributed by atoms with Crippen molar-refractivity contribution < 1.29 is 8.42 Å². The van der Waals surface area contributed by atoms with Crippen LogP contribution in [0.1, 0.15) is 0 Å². The zero-order valence-corrected chi connectivity index (χ0v) is 9.94. The van der Waals surface area contributed by atoms with Crippen LogP contribution in [0.3, 0.4) is 0 Å². The minimum absolute atomic E-state index is 0.245. The van der Waals surface area contributed by atoms with E-state index in [9.17, 15) is 8.42 Å². The Bertz CT molecular complexity index is 563. The summed E-state index contributed by atoms with van der Waals surface area (Å²) in [6.45, 7) is 0. The first-order valence-electron chi connectivity index (χ1n) is 4.11. The predicted octanol–water partition coefficient (Wildman–Crippen LogP) is 1.88. The molecule has 0 fully saturated rings. The van der Waals surface area contributed by atoms with Gasteiger partial charge in [-0.1, -0.05) is 18.2 Å². The van der Waals surface area contributed by atoms with Crippen LogP contribution in [0.15, 0.2) is 52.4 Å². The zero-order chi connectivity index (χ0) is 10.9. The van der Waals surface area contributed by atoms with E-state index in [1.165, 1.54) is 12.5 Å². The molecule has 0 radical (unpaired) electrons. The first kappa shape index (κ1) is 10.4. The molecule has 2 aromatic rings. The molecule has 0 atom stereocenters. The molecule has 0 unspecified atom stereocenters. The van der Waals surface area contributed by atoms with Gasteiger partial charge in [-0.2, -0.15) is 0 Å². The average molecular weight is 287 g/mol. The maximum Gasteiger partial charge on any atom is 0.268 e. The molecule has 0 spiro atoms. The Morgan fingerprint density at radius 3 is 2.40 bits per heavy atom. The van der Waals surface area contributed by atoms with Crippen molar-refractivity contribution in [2.45, 2.75) is 4.90 Å². The summed E-state index contributed by atoms with van der Waals surface area (Å²) in [5, 5.41) is 0. The highest BCUT2D eigenvalue weighted by Crippen LogP contribution is 2.14. The molecule has 0 saturated heterocycles. The molecule has 1 heterocycles. The Morgan fingerprint density at radius 1 is 1.20 bits per heavy atom. The summed E-state index contributed by atoms with van der Waals surface area (Å²) in [5.41, 5.74) is 0. The molecule has 0 aliphatic carbocycles. The number of nitrogens with zero attached hydrogens (tertiary/aromatic N) is 2. The van der Waals surface area contributed by atoms with E-state index in [-0.39, 0.29) is 4.90 Å². The van der Waals surface area contributed by atoms with Gasteiger partial charge in [0.15, 0.2) is 0 Å². The molecule has 0 amide bonds. The molecule has 0 bridgehead atoms. The maximum atomic E-state index is 11.9. The number of benzene rings is 1. The topological polar surface area (TPSA) is 52.0 Å². The minimum atomic E-state index is -3.49. The highest BCUT2D eigenvalue weighted by Gasteiger charge is 2.15. The summed E-state index contributed by atoms with van der Waals surface area (Å²) in [7, 11) is -3.49. The van der Waals surface area contributed by atoms with Crippen LogP contribution >= 0.6 is 15.9 Å². The molecule has 78 valence electrons. The summed E-state index contributed by atoms with van der Waals surface area (Å²) in [5.74, 6) is 0. The Balaban J connectivity index is 2.54. The van der Waals surface area contributed by atoms with E-state index in [2.05, 4.69) is 20.9 Å². The fourth-order valence-corrected chi connectivity index (χ4v) is 2.73. The lowest BCUT2D eigenvalue weighted by Crippen LogP contribution is -2.10. The van der Waals surface area contributed by atoms with Gasteiger partial charge < -0.3 is 0 Å². The van der Waals surface area contributed by atoms with Gasteiger partial charge in [-0.25, -0.2) is 17.4 Å². The van der Waals surface area contributed by atoms with Crippen molar-refractivity contribution in [1.82, 2.24) is 8.96 Å². The van der Waals surface area contributed by atoms with Gasteiger partial charge in [0.1, 0.15) is 10.9 Å². The summed E-state index contributed by atoms with van der Waals surface area (Å²) >= 11 is 3.10. The van der Waals surface area contributed by atoms with Crippen LogP contribution in [-0.2, 0) is 10.0 Å². The van der Waals surface area contributed by atoms with Crippen molar-refractivity contribution in [2.24, 2.45) is 0 Å². The second-order valence-electron chi connectivity index (χ2n) is 2.84. The zero-order valence-electron chi connectivity index (χ0n) is 7.54. The second kappa shape index (κ2) is 3.79. The lowest BCUT2D eigenvalue weighted by atomic mass is 10.4. The Morgan fingerprint density at radius 2 is 1.87 bits per heavy atom. The van der Waals surface area contributed by atoms with E-state index >= 15 is 0 Å². The predicted molar refractivity (Wildman–Crippen MR) is 59.0 cm³/mol. The molecule has 1 aromatic heterocycles. The van der Waals surface area contributed by atoms with Gasteiger partial charge in [0.25, 0.3) is 10.0 Å². The second-order valence-corrected chi connectivity index (χ2v) is 5.50. The molecule has 0 aliphatic rings. The van der Waals surface area contributed by atoms with Crippen LogP contribution in [0.5, 0.6) is 0 Å². The monoisotopic (exact) mass is 286 g/mol. The first-order valence-corrected chi connectivity index (χ1v) is 6.34. The molecular weight excluding hydrogens is 280 g/mol. The van der Waals surface area contributed by atoms with Crippen LogP contribution in [-0.4, -0.2) is 17.4 Å². The van der Waals surface area contributed by atoms with Crippen molar-refractivity contribution in [3.63, 3.8) is 0 Å². The molecule has 2 rings (SSSR count). The van der Waals surface area contributed by atoms with E-state index in [0.717, 1.165) is 3.97 Å². The van der Waals surface area contributed by atoms with E-state index in [0.29, 0.717) is 4.60 Å². The normalized spacial score (nSPS) is 11.5. The highest BCUT2D eigenvalue weighted by atomic mass is 79.9. The van der Waals surface area contributed by atoms with Crippen molar-refractivity contribution in [1.29, 1.82) is 0 Å². The van der Waals surface area contributed by atoms with Gasteiger partial charge in [0, 0.05) is 0 Å². The van der Waals surface area contributed by atoms with E-state index in [4.69, 9.17) is 0 Å². The molecular formula is C9H7BrN2O2S. The van der Waals surface area contributed by atoms with Gasteiger partial charge in [-0.05, 0) is 28.1 Å². The SMILES string of the molecule is O=S(=O)(c1ccccc1)n1cnc(Br)c1. The third-order valence-electron chi connectivity index (χ3n) is 1.85. The highest BCUT2D eigenvalue weighted by molar-refractivity contribution is 9.10. The first-order chi connectivity index (χ1) is 7.10. The van der Waals surface area contributed by atoms with Crippen molar-refractivity contribution >= 4 is 26.0 Å². The summed E-state index contributed by atoms with van der Waals surface area (Å²) < 4.78 is 25.5. The number of rotatable bonds is 2. The number of aromatic nitrogens is 2. The largest absolute Gasteiger partial charge is 0.268 e. The molecule has 15 heavy (non-hydrogen) atoms. The fraction of sp³-hybridized carbons (Fsp3) is 0. The van der Waals surface area contributed by atoms with Crippen molar-refractivity contribution in [3.05, 3.63) is 47.5 Å². The average Bonchev–Trinajstić information content (AvgIpc) is 2.67. The fourth-order valence-electron chi connectivity index (χ4n) is 1.13. The number of halogens is 1. The van der Waals surface area contributed by atoms with Gasteiger partial charge >= 0.3 is 0 Å². The minimum Gasteiger partial charge on any atom is -0.229 e. The number of hydrogen-bond donors (Lipinski definition) is 0. The van der Waals surface area contributed by atoms with Crippen LogP contribution in [0.2, 0.25) is 0 Å². The third kappa shape index (κ3) is 1.95. The van der Waals surface area contributed by atoms with Crippen LogP contribution < -0.4 is 0 Å². The van der Waals surface area contributed by atoms with Crippen molar-refractivity contribution in [3.8, 4) is 0 Å².